The Morgan fingerprint density at radius 3 is 2.19 bits per heavy atom. The number of benzene rings is 1. The molecule has 4 saturated carbocycles. The van der Waals surface area contributed by atoms with Crippen LogP contribution < -0.4 is 10.7 Å². The second-order valence-electron chi connectivity index (χ2n) is 8.72. The van der Waals surface area contributed by atoms with Crippen molar-refractivity contribution in [2.75, 3.05) is 0 Å². The highest BCUT2D eigenvalue weighted by Gasteiger charge is 2.51. The SMILES string of the molecule is C/C(CC(=O)NC12CC3CC(CC(C3)C1)C2)=N/NC(=O)c1ccc(I)cc1. The van der Waals surface area contributed by atoms with E-state index in [-0.39, 0.29) is 23.8 Å². The smallest absolute Gasteiger partial charge is 0.271 e. The minimum Gasteiger partial charge on any atom is -0.350 e. The zero-order valence-corrected chi connectivity index (χ0v) is 17.8. The van der Waals surface area contributed by atoms with Crippen LogP contribution in [0.5, 0.6) is 0 Å². The Morgan fingerprint density at radius 2 is 1.63 bits per heavy atom. The van der Waals surface area contributed by atoms with Gasteiger partial charge in [-0.2, -0.15) is 5.10 Å². The first-order valence-electron chi connectivity index (χ1n) is 9.81. The summed E-state index contributed by atoms with van der Waals surface area (Å²) in [6.07, 6.45) is 7.74. The van der Waals surface area contributed by atoms with Crippen molar-refractivity contribution < 1.29 is 9.59 Å². The molecule has 144 valence electrons. The van der Waals surface area contributed by atoms with E-state index < -0.39 is 0 Å². The molecule has 27 heavy (non-hydrogen) atoms. The van der Waals surface area contributed by atoms with Crippen molar-refractivity contribution in [1.29, 1.82) is 0 Å². The van der Waals surface area contributed by atoms with Gasteiger partial charge in [0.2, 0.25) is 5.91 Å². The Balaban J connectivity index is 1.31. The minimum absolute atomic E-state index is 0.0243. The van der Waals surface area contributed by atoms with Crippen LogP contribution in [0.15, 0.2) is 29.4 Å². The average Bonchev–Trinajstić information content (AvgIpc) is 2.58. The number of amides is 2. The number of rotatable bonds is 5. The molecule has 0 unspecified atom stereocenters. The Labute approximate surface area is 173 Å². The molecule has 0 atom stereocenters. The fraction of sp³-hybridized carbons (Fsp3) is 0.571. The van der Waals surface area contributed by atoms with Crippen molar-refractivity contribution in [3.8, 4) is 0 Å². The van der Waals surface area contributed by atoms with Gasteiger partial charge in [-0.3, -0.25) is 9.59 Å². The molecule has 4 bridgehead atoms. The molecule has 0 radical (unpaired) electrons. The number of halogens is 1. The molecule has 0 heterocycles. The van der Waals surface area contributed by atoms with Gasteiger partial charge in [0, 0.05) is 20.4 Å². The van der Waals surface area contributed by atoms with E-state index >= 15 is 0 Å². The van der Waals surface area contributed by atoms with E-state index in [2.05, 4.69) is 38.4 Å². The Hall–Kier alpha value is -1.44. The molecule has 2 amide bonds. The maximum Gasteiger partial charge on any atom is 0.271 e. The number of nitrogens with one attached hydrogen (secondary N) is 2. The molecule has 0 aliphatic heterocycles. The van der Waals surface area contributed by atoms with Crippen LogP contribution in [-0.2, 0) is 4.79 Å². The molecular weight excluding hydrogens is 453 g/mol. The van der Waals surface area contributed by atoms with E-state index in [1.54, 1.807) is 19.1 Å². The molecule has 5 rings (SSSR count). The van der Waals surface area contributed by atoms with Gasteiger partial charge >= 0.3 is 0 Å². The fourth-order valence-electron chi connectivity index (χ4n) is 5.69. The van der Waals surface area contributed by atoms with Gasteiger partial charge in [-0.05, 0) is 110 Å². The second kappa shape index (κ2) is 7.53. The van der Waals surface area contributed by atoms with E-state index in [9.17, 15) is 9.59 Å². The van der Waals surface area contributed by atoms with Crippen molar-refractivity contribution in [3.05, 3.63) is 33.4 Å². The van der Waals surface area contributed by atoms with Crippen LogP contribution in [0, 0.1) is 21.3 Å². The summed E-state index contributed by atoms with van der Waals surface area (Å²) in [6.45, 7) is 1.79. The monoisotopic (exact) mass is 479 g/mol. The van der Waals surface area contributed by atoms with Gasteiger partial charge in [0.1, 0.15) is 0 Å². The lowest BCUT2D eigenvalue weighted by Gasteiger charge is -2.56. The molecule has 4 aliphatic rings. The predicted molar refractivity (Wildman–Crippen MR) is 113 cm³/mol. The zero-order chi connectivity index (χ0) is 19.0. The van der Waals surface area contributed by atoms with Gasteiger partial charge < -0.3 is 5.32 Å². The summed E-state index contributed by atoms with van der Waals surface area (Å²) < 4.78 is 1.07. The van der Waals surface area contributed by atoms with Gasteiger partial charge in [-0.1, -0.05) is 0 Å². The highest BCUT2D eigenvalue weighted by atomic mass is 127. The van der Waals surface area contributed by atoms with Crippen molar-refractivity contribution in [3.63, 3.8) is 0 Å². The fourth-order valence-corrected chi connectivity index (χ4v) is 6.05. The van der Waals surface area contributed by atoms with Crippen molar-refractivity contribution in [1.82, 2.24) is 10.7 Å². The van der Waals surface area contributed by atoms with E-state index in [0.717, 1.165) is 40.6 Å². The molecule has 0 saturated heterocycles. The Kier molecular flexibility index (Phi) is 5.27. The molecule has 2 N–H and O–H groups in total. The molecule has 5 nitrogen and oxygen atoms in total. The van der Waals surface area contributed by atoms with Gasteiger partial charge in [-0.15, -0.1) is 0 Å². The normalized spacial score (nSPS) is 31.6. The van der Waals surface area contributed by atoms with E-state index in [4.69, 9.17) is 0 Å². The Morgan fingerprint density at radius 1 is 1.07 bits per heavy atom. The van der Waals surface area contributed by atoms with Gasteiger partial charge in [0.25, 0.3) is 5.91 Å². The predicted octanol–water partition coefficient (Wildman–Crippen LogP) is 3.87. The van der Waals surface area contributed by atoms with Crippen LogP contribution in [0.25, 0.3) is 0 Å². The maximum atomic E-state index is 12.6. The summed E-state index contributed by atoms with van der Waals surface area (Å²) in [7, 11) is 0. The first kappa shape index (κ1) is 18.9. The number of carbonyl (C=O) groups is 2. The molecule has 0 aromatic heterocycles. The minimum atomic E-state index is -0.257. The molecule has 0 spiro atoms. The molecule has 6 heteroatoms. The lowest BCUT2D eigenvalue weighted by molar-refractivity contribution is -0.125. The third-order valence-electron chi connectivity index (χ3n) is 6.31. The lowest BCUT2D eigenvalue weighted by Crippen LogP contribution is -2.60. The maximum absolute atomic E-state index is 12.6. The van der Waals surface area contributed by atoms with E-state index in [0.29, 0.717) is 11.3 Å². The average molecular weight is 479 g/mol. The highest BCUT2D eigenvalue weighted by Crippen LogP contribution is 2.55. The second-order valence-corrected chi connectivity index (χ2v) is 9.96. The van der Waals surface area contributed by atoms with Gasteiger partial charge in [0.15, 0.2) is 0 Å². The first-order chi connectivity index (χ1) is 12.9. The Bertz CT molecular complexity index is 737. The van der Waals surface area contributed by atoms with Crippen molar-refractivity contribution in [2.24, 2.45) is 22.9 Å². The molecule has 4 aliphatic carbocycles. The standard InChI is InChI=1S/C21H26IN3O2/c1-13(24-25-20(27)17-2-4-18(22)5-3-17)6-19(26)23-21-10-14-7-15(11-21)9-16(8-14)12-21/h2-5,14-16H,6-12H2,1H3,(H,23,26)(H,25,27)/b24-13-. The number of hydrogen-bond donors (Lipinski definition) is 2. The van der Waals surface area contributed by atoms with Crippen LogP contribution >= 0.6 is 22.6 Å². The number of carbonyl (C=O) groups excluding carboxylic acids is 2. The summed E-state index contributed by atoms with van der Waals surface area (Å²) in [5.74, 6) is 2.19. The van der Waals surface area contributed by atoms with Crippen molar-refractivity contribution >= 4 is 40.1 Å². The van der Waals surface area contributed by atoms with Gasteiger partial charge in [0.05, 0.1) is 6.42 Å². The highest BCUT2D eigenvalue weighted by molar-refractivity contribution is 14.1. The summed E-state index contributed by atoms with van der Waals surface area (Å²) in [6, 6.07) is 7.29. The molecule has 1 aromatic rings. The zero-order valence-electron chi connectivity index (χ0n) is 15.6. The third-order valence-corrected chi connectivity index (χ3v) is 7.03. The summed E-state index contributed by atoms with van der Waals surface area (Å²) in [4.78, 5) is 24.7. The number of nitrogens with zero attached hydrogens (tertiary/aromatic N) is 1. The van der Waals surface area contributed by atoms with E-state index in [1.807, 2.05) is 12.1 Å². The van der Waals surface area contributed by atoms with Crippen LogP contribution in [0.4, 0.5) is 0 Å². The topological polar surface area (TPSA) is 70.6 Å². The van der Waals surface area contributed by atoms with Crippen LogP contribution in [-0.4, -0.2) is 23.1 Å². The summed E-state index contributed by atoms with van der Waals surface area (Å²) in [5.41, 5.74) is 3.76. The van der Waals surface area contributed by atoms with Gasteiger partial charge in [-0.25, -0.2) is 5.43 Å². The summed E-state index contributed by atoms with van der Waals surface area (Å²) >= 11 is 2.20. The van der Waals surface area contributed by atoms with E-state index in [1.165, 1.54) is 19.3 Å². The third kappa shape index (κ3) is 4.36. The molecule has 4 fully saturated rings. The lowest BCUT2D eigenvalue weighted by atomic mass is 9.53. The molecule has 1 aromatic carbocycles. The molecular formula is C21H26IN3O2. The first-order valence-corrected chi connectivity index (χ1v) is 10.9. The van der Waals surface area contributed by atoms with Crippen LogP contribution in [0.1, 0.15) is 62.2 Å². The summed E-state index contributed by atoms with van der Waals surface area (Å²) in [5, 5.41) is 7.46. The van der Waals surface area contributed by atoms with Crippen LogP contribution in [0.2, 0.25) is 0 Å². The number of hydrazone groups is 1. The largest absolute Gasteiger partial charge is 0.350 e. The quantitative estimate of drug-likeness (QED) is 0.383. The number of hydrogen-bond acceptors (Lipinski definition) is 3. The van der Waals surface area contributed by atoms with Crippen molar-refractivity contribution in [2.45, 2.75) is 57.4 Å². The van der Waals surface area contributed by atoms with Crippen LogP contribution in [0.3, 0.4) is 0 Å².